The summed E-state index contributed by atoms with van der Waals surface area (Å²) in [6, 6.07) is 5.02. The third-order valence-corrected chi connectivity index (χ3v) is 18.8. The van der Waals surface area contributed by atoms with Crippen LogP contribution in [0.1, 0.15) is 77.1 Å². The fourth-order valence-corrected chi connectivity index (χ4v) is 12.6. The van der Waals surface area contributed by atoms with Crippen LogP contribution < -0.4 is 64.6 Å². The molecule has 0 bridgehead atoms. The number of thioether (sulfide) groups is 1. The molecule has 3 heterocycles. The molecule has 40 heteroatoms. The van der Waals surface area contributed by atoms with Crippen LogP contribution in [-0.4, -0.2) is 317 Å². The SMILES string of the molecule is CSCC[C@H](NC(=O)[C@H](CC(C)C)NC(=O)[C@H](Cc1cnc[nH]1)NC(=O)CNC(=O)[C@@H](NC(=O)[C@H](C)NC(=O)[C@H](Cc1c[nH]c2ccccc12)NC(=O)[C@H](CCC(N)=O)NC(=O)[C@@H](Cc1ccccc1)NC(=O)COCCOCCNC(=O)CN1CCN(CC(=O)O)CCN(CC(=O)O)CCN(CC(=O)O)CC1)C(C)C)C(N)=O. The van der Waals surface area contributed by atoms with Crippen molar-refractivity contribution in [1.82, 2.24) is 87.7 Å². The minimum atomic E-state index is -1.57. The van der Waals surface area contributed by atoms with Crippen LogP contribution in [0.3, 0.4) is 0 Å². The number of hydrogen-bond acceptors (Lipinski definition) is 23. The first-order chi connectivity index (χ1) is 54.3. The smallest absolute Gasteiger partial charge is 0.317 e. The molecule has 0 radical (unpaired) electrons. The normalized spacial score (nSPS) is 15.5. The lowest BCUT2D eigenvalue weighted by atomic mass is 10.0. The molecule has 4 aromatic rings. The number of aromatic amines is 2. The average Bonchev–Trinajstić information content (AvgIpc) is 1.64. The third kappa shape index (κ3) is 35.6. The third-order valence-electron chi connectivity index (χ3n) is 18.2. The Hall–Kier alpha value is -10.6. The Balaban J connectivity index is 1.20. The van der Waals surface area contributed by atoms with E-state index in [4.69, 9.17) is 20.9 Å². The molecule has 1 fully saturated rings. The number of H-pyrrole nitrogens is 2. The highest BCUT2D eigenvalue weighted by Gasteiger charge is 2.36. The molecule has 8 atom stereocenters. The number of primary amides is 2. The topological polar surface area (TPSA) is 565 Å². The average molecular weight is 1620 g/mol. The van der Waals surface area contributed by atoms with Gasteiger partial charge in [0.25, 0.3) is 0 Å². The second-order valence-corrected chi connectivity index (χ2v) is 29.3. The molecule has 19 N–H and O–H groups in total. The van der Waals surface area contributed by atoms with Crippen LogP contribution in [0.4, 0.5) is 0 Å². The van der Waals surface area contributed by atoms with E-state index >= 15 is 0 Å². The molecule has 2 aromatic heterocycles. The fraction of sp³-hybridized carbons (Fsp3) is 0.568. The summed E-state index contributed by atoms with van der Waals surface area (Å²) in [6.07, 6.45) is 5.40. The Labute approximate surface area is 664 Å². The van der Waals surface area contributed by atoms with Crippen molar-refractivity contribution < 1.29 is 96.7 Å². The van der Waals surface area contributed by atoms with Crippen LogP contribution in [0, 0.1) is 11.8 Å². The van der Waals surface area contributed by atoms with Crippen LogP contribution in [-0.2, 0) is 101 Å². The highest BCUT2D eigenvalue weighted by molar-refractivity contribution is 7.98. The summed E-state index contributed by atoms with van der Waals surface area (Å²) in [7, 11) is 0. The van der Waals surface area contributed by atoms with E-state index in [9.17, 15) is 87.2 Å². The van der Waals surface area contributed by atoms with Crippen LogP contribution in [0.2, 0.25) is 0 Å². The lowest BCUT2D eigenvalue weighted by Crippen LogP contribution is -2.60. The van der Waals surface area contributed by atoms with E-state index in [0.29, 0.717) is 33.5 Å². The van der Waals surface area contributed by atoms with Crippen molar-refractivity contribution >= 4 is 111 Å². The molecule has 0 saturated carbocycles. The van der Waals surface area contributed by atoms with Gasteiger partial charge < -0.3 is 99.4 Å². The van der Waals surface area contributed by atoms with Gasteiger partial charge in [-0.05, 0) is 67.2 Å². The molecule has 12 amide bonds. The zero-order chi connectivity index (χ0) is 83.8. The van der Waals surface area contributed by atoms with E-state index < -0.39 is 163 Å². The van der Waals surface area contributed by atoms with Gasteiger partial charge in [-0.15, -0.1) is 0 Å². The van der Waals surface area contributed by atoms with Gasteiger partial charge >= 0.3 is 17.9 Å². The van der Waals surface area contributed by atoms with Gasteiger partial charge in [-0.2, -0.15) is 11.8 Å². The first kappa shape index (κ1) is 93.9. The van der Waals surface area contributed by atoms with Crippen LogP contribution >= 0.6 is 11.8 Å². The van der Waals surface area contributed by atoms with E-state index in [-0.39, 0.29) is 149 Å². The van der Waals surface area contributed by atoms with Crippen molar-refractivity contribution in [2.75, 3.05) is 130 Å². The van der Waals surface area contributed by atoms with Crippen molar-refractivity contribution in [3.05, 3.63) is 90.1 Å². The van der Waals surface area contributed by atoms with Crippen molar-refractivity contribution in [3.63, 3.8) is 0 Å². The molecule has 1 aliphatic rings. The molecule has 39 nitrogen and oxygen atoms in total. The number of aromatic nitrogens is 3. The predicted octanol–water partition coefficient (Wildman–Crippen LogP) is -4.24. The summed E-state index contributed by atoms with van der Waals surface area (Å²) >= 11 is 1.45. The Bertz CT molecular complexity index is 3800. The number of nitrogens with zero attached hydrogens (tertiary/aromatic N) is 5. The highest BCUT2D eigenvalue weighted by atomic mass is 32.2. The second kappa shape index (κ2) is 49.8. The first-order valence-electron chi connectivity index (χ1n) is 37.6. The minimum absolute atomic E-state index is 0.0213. The summed E-state index contributed by atoms with van der Waals surface area (Å²) in [5.74, 6) is -12.9. The lowest BCUT2D eigenvalue weighted by molar-refractivity contribution is -0.140. The number of carboxylic acid groups (broad SMARTS) is 3. The van der Waals surface area contributed by atoms with E-state index in [1.807, 2.05) is 20.1 Å². The quantitative estimate of drug-likeness (QED) is 0.0186. The second-order valence-electron chi connectivity index (χ2n) is 28.3. The predicted molar refractivity (Wildman–Crippen MR) is 417 cm³/mol. The largest absolute Gasteiger partial charge is 0.480 e. The number of carboxylic acids is 3. The Morgan fingerprint density at radius 1 is 0.518 bits per heavy atom. The fourth-order valence-electron chi connectivity index (χ4n) is 12.1. The molecule has 0 aliphatic carbocycles. The number of hydrogen-bond donors (Lipinski definition) is 17. The molecule has 5 rings (SSSR count). The van der Waals surface area contributed by atoms with Gasteiger partial charge in [0.1, 0.15) is 54.9 Å². The maximum atomic E-state index is 14.7. The van der Waals surface area contributed by atoms with Gasteiger partial charge in [0.05, 0.1) is 58.9 Å². The maximum Gasteiger partial charge on any atom is 0.317 e. The lowest BCUT2D eigenvalue weighted by Gasteiger charge is -2.32. The number of carbonyl (C=O) groups excluding carboxylic acids is 12. The molecule has 0 unspecified atom stereocenters. The van der Waals surface area contributed by atoms with Gasteiger partial charge in [0.2, 0.25) is 70.9 Å². The molecule has 114 heavy (non-hydrogen) atoms. The van der Waals surface area contributed by atoms with E-state index in [0.717, 1.165) is 0 Å². The number of rotatable bonds is 49. The van der Waals surface area contributed by atoms with Crippen molar-refractivity contribution in [2.45, 2.75) is 128 Å². The zero-order valence-corrected chi connectivity index (χ0v) is 66.0. The molecular formula is C74H111N19O20S. The number of para-hydroxylation sites is 1. The van der Waals surface area contributed by atoms with Gasteiger partial charge in [0.15, 0.2) is 0 Å². The number of fused-ring (bicyclic) bond motifs is 1. The highest BCUT2D eigenvalue weighted by Crippen LogP contribution is 2.20. The van der Waals surface area contributed by atoms with Crippen LogP contribution in [0.15, 0.2) is 73.3 Å². The number of ether oxygens (including phenoxy) is 2. The monoisotopic (exact) mass is 1620 g/mol. The van der Waals surface area contributed by atoms with Gasteiger partial charge in [-0.1, -0.05) is 76.2 Å². The van der Waals surface area contributed by atoms with Crippen LogP contribution in [0.5, 0.6) is 0 Å². The summed E-state index contributed by atoms with van der Waals surface area (Å²) in [6.45, 7) is 7.56. The van der Waals surface area contributed by atoms with Gasteiger partial charge in [-0.3, -0.25) is 91.5 Å². The molecule has 0 spiro atoms. The van der Waals surface area contributed by atoms with Gasteiger partial charge in [0, 0.05) is 114 Å². The van der Waals surface area contributed by atoms with Crippen LogP contribution in [0.25, 0.3) is 10.9 Å². The van der Waals surface area contributed by atoms with Crippen molar-refractivity contribution in [3.8, 4) is 0 Å². The Morgan fingerprint density at radius 3 is 1.60 bits per heavy atom. The van der Waals surface area contributed by atoms with Crippen molar-refractivity contribution in [2.24, 2.45) is 23.3 Å². The summed E-state index contributed by atoms with van der Waals surface area (Å²) in [4.78, 5) is 216. The Kier molecular flexibility index (Phi) is 41.0. The summed E-state index contributed by atoms with van der Waals surface area (Å²) < 4.78 is 11.2. The van der Waals surface area contributed by atoms with E-state index in [1.54, 1.807) is 94.2 Å². The Morgan fingerprint density at radius 2 is 1.04 bits per heavy atom. The molecule has 1 aliphatic heterocycles. The number of benzene rings is 2. The summed E-state index contributed by atoms with van der Waals surface area (Å²) in [5, 5.41) is 55.6. The molecular weight excluding hydrogens is 1510 g/mol. The molecule has 2 aromatic carbocycles. The molecule has 1 saturated heterocycles. The standard InChI is InChI=1S/C74H111N19O20S/c1-45(2)32-55(71(108)85-53(67(76)104)18-31-114-6)87-73(110)58(35-50-37-77-44-81-50)83-60(95)38-80-74(111)66(46(3)4)89-68(105)47(5)82-70(107)57(34-49-36-79-52-15-11-10-14-51(49)52)88-69(106)54(16-17-59(75)94)86-72(109)56(33-48-12-8-7-9-13-48)84-62(97)43-113-30-29-112-28-19-78-61(96)39-90-20-22-91(40-63(98)99)24-26-93(42-65(102)103)27-25-92(23-21-90)41-64(100)101/h7-15,36-37,44-47,53-58,66,79H,16-35,38-43H2,1-6H3,(H2,75,94)(H2,76,104)(H,77,81)(H,78,96)(H,80,111)(H,82,107)(H,83,95)(H,84,97)(H,85,108)(H,86,109)(H,87,110)(H,88,106)(H,89,105)(H,98,99)(H,100,101)(H,102,103)/t47-,53-,54-,55-,56+,57-,58-,66-/m0/s1. The number of carbonyl (C=O) groups is 15. The summed E-state index contributed by atoms with van der Waals surface area (Å²) in [5.41, 5.74) is 13.4. The van der Waals surface area contributed by atoms with E-state index in [2.05, 4.69) is 68.1 Å². The number of nitrogens with one attached hydrogen (secondary N) is 12. The number of imidazole rings is 1. The molecule has 628 valence electrons. The number of amides is 12. The first-order valence-corrected chi connectivity index (χ1v) is 38.9. The van der Waals surface area contributed by atoms with Crippen molar-refractivity contribution in [1.29, 1.82) is 0 Å². The number of aliphatic carboxylic acids is 3. The minimum Gasteiger partial charge on any atom is -0.480 e. The number of nitrogens with two attached hydrogens (primary N) is 2. The maximum absolute atomic E-state index is 14.7. The van der Waals surface area contributed by atoms with E-state index in [1.165, 1.54) is 31.2 Å². The zero-order valence-electron chi connectivity index (χ0n) is 65.2. The van der Waals surface area contributed by atoms with Gasteiger partial charge in [-0.25, -0.2) is 4.98 Å².